The van der Waals surface area contributed by atoms with Gasteiger partial charge in [0.1, 0.15) is 0 Å². The van der Waals surface area contributed by atoms with E-state index < -0.39 is 0 Å². The molecule has 0 amide bonds. The predicted molar refractivity (Wildman–Crippen MR) is 40.6 cm³/mol. The third kappa shape index (κ3) is 0.731. The summed E-state index contributed by atoms with van der Waals surface area (Å²) in [5.41, 5.74) is 0.550. The van der Waals surface area contributed by atoms with Crippen LogP contribution in [0.2, 0.25) is 0 Å². The first-order chi connectivity index (χ1) is 4.68. The molecule has 0 aromatic carbocycles. The summed E-state index contributed by atoms with van der Waals surface area (Å²) in [6.07, 6.45) is 2.69. The molecule has 2 aliphatic carbocycles. The minimum Gasteiger partial charge on any atom is -0.396 e. The smallest absolute Gasteiger partial charge is 0.0464 e. The van der Waals surface area contributed by atoms with Crippen LogP contribution in [0.4, 0.5) is 0 Å². The van der Waals surface area contributed by atoms with Crippen molar-refractivity contribution in [3.8, 4) is 0 Å². The van der Waals surface area contributed by atoms with E-state index in [4.69, 9.17) is 5.11 Å². The minimum atomic E-state index is 0.416. The fraction of sp³-hybridized carbons (Fsp3) is 1.00. The van der Waals surface area contributed by atoms with Gasteiger partial charge in [0.05, 0.1) is 0 Å². The third-order valence-corrected chi connectivity index (χ3v) is 3.64. The zero-order valence-electron chi connectivity index (χ0n) is 6.80. The molecule has 2 saturated carbocycles. The van der Waals surface area contributed by atoms with Crippen molar-refractivity contribution in [3.63, 3.8) is 0 Å². The van der Waals surface area contributed by atoms with Gasteiger partial charge in [0.2, 0.25) is 0 Å². The Morgan fingerprint density at radius 1 is 1.60 bits per heavy atom. The van der Waals surface area contributed by atoms with E-state index in [1.807, 2.05) is 0 Å². The SMILES string of the molecule is CC1CC1C1(C)CC1CO. The summed E-state index contributed by atoms with van der Waals surface area (Å²) in [5.74, 6) is 2.54. The highest BCUT2D eigenvalue weighted by Crippen LogP contribution is 2.67. The van der Waals surface area contributed by atoms with Gasteiger partial charge in [-0.15, -0.1) is 0 Å². The van der Waals surface area contributed by atoms with E-state index in [9.17, 15) is 0 Å². The number of rotatable bonds is 2. The summed E-state index contributed by atoms with van der Waals surface area (Å²) < 4.78 is 0. The first-order valence-electron chi connectivity index (χ1n) is 4.29. The summed E-state index contributed by atoms with van der Waals surface area (Å²) in [6.45, 7) is 5.07. The lowest BCUT2D eigenvalue weighted by molar-refractivity contribution is 0.243. The van der Waals surface area contributed by atoms with Crippen molar-refractivity contribution in [3.05, 3.63) is 0 Å². The van der Waals surface area contributed by atoms with Gasteiger partial charge in [-0.2, -0.15) is 0 Å². The van der Waals surface area contributed by atoms with E-state index in [-0.39, 0.29) is 0 Å². The van der Waals surface area contributed by atoms with Gasteiger partial charge in [0.15, 0.2) is 0 Å². The molecule has 0 saturated heterocycles. The highest BCUT2D eigenvalue weighted by Gasteiger charge is 2.60. The number of hydrogen-bond acceptors (Lipinski definition) is 1. The van der Waals surface area contributed by atoms with Crippen LogP contribution in [0, 0.1) is 23.2 Å². The Labute approximate surface area is 62.4 Å². The standard InChI is InChI=1S/C9H16O/c1-6-3-8(6)9(2)4-7(9)5-10/h6-8,10H,3-5H2,1-2H3. The topological polar surface area (TPSA) is 20.2 Å². The summed E-state index contributed by atoms with van der Waals surface area (Å²) in [5, 5.41) is 8.90. The Morgan fingerprint density at radius 2 is 2.20 bits per heavy atom. The minimum absolute atomic E-state index is 0.416. The van der Waals surface area contributed by atoms with Crippen LogP contribution < -0.4 is 0 Å². The van der Waals surface area contributed by atoms with Crippen molar-refractivity contribution in [2.45, 2.75) is 26.7 Å². The van der Waals surface area contributed by atoms with Crippen LogP contribution in [-0.2, 0) is 0 Å². The monoisotopic (exact) mass is 140 g/mol. The van der Waals surface area contributed by atoms with Crippen LogP contribution in [0.15, 0.2) is 0 Å². The molecule has 0 bridgehead atoms. The maximum atomic E-state index is 8.90. The quantitative estimate of drug-likeness (QED) is 0.618. The lowest BCUT2D eigenvalue weighted by atomic mass is 9.99. The molecule has 10 heavy (non-hydrogen) atoms. The van der Waals surface area contributed by atoms with Crippen molar-refractivity contribution >= 4 is 0 Å². The molecule has 2 fully saturated rings. The van der Waals surface area contributed by atoms with E-state index in [0.29, 0.717) is 17.9 Å². The molecular weight excluding hydrogens is 124 g/mol. The van der Waals surface area contributed by atoms with Crippen LogP contribution >= 0.6 is 0 Å². The Bertz CT molecular complexity index is 155. The predicted octanol–water partition coefficient (Wildman–Crippen LogP) is 1.66. The van der Waals surface area contributed by atoms with Gasteiger partial charge in [-0.25, -0.2) is 0 Å². The fourth-order valence-corrected chi connectivity index (χ4v) is 2.44. The number of hydrogen-bond donors (Lipinski definition) is 1. The van der Waals surface area contributed by atoms with Crippen molar-refractivity contribution < 1.29 is 5.11 Å². The Kier molecular flexibility index (Phi) is 1.17. The van der Waals surface area contributed by atoms with E-state index in [1.54, 1.807) is 0 Å². The largest absolute Gasteiger partial charge is 0.396 e. The average Bonchev–Trinajstić information content (AvgIpc) is 2.72. The molecule has 1 nitrogen and oxygen atoms in total. The van der Waals surface area contributed by atoms with Crippen molar-refractivity contribution in [1.82, 2.24) is 0 Å². The van der Waals surface area contributed by atoms with E-state index >= 15 is 0 Å². The maximum Gasteiger partial charge on any atom is 0.0464 e. The molecule has 58 valence electrons. The molecule has 4 unspecified atom stereocenters. The van der Waals surface area contributed by atoms with E-state index in [2.05, 4.69) is 13.8 Å². The van der Waals surface area contributed by atoms with Crippen molar-refractivity contribution in [2.75, 3.05) is 6.61 Å². The lowest BCUT2D eigenvalue weighted by Crippen LogP contribution is -2.04. The first-order valence-corrected chi connectivity index (χ1v) is 4.29. The maximum absolute atomic E-state index is 8.90. The summed E-state index contributed by atoms with van der Waals surface area (Å²) in [6, 6.07) is 0. The average molecular weight is 140 g/mol. The van der Waals surface area contributed by atoms with Crippen LogP contribution in [0.5, 0.6) is 0 Å². The highest BCUT2D eigenvalue weighted by molar-refractivity contribution is 5.09. The summed E-state index contributed by atoms with van der Waals surface area (Å²) in [4.78, 5) is 0. The Morgan fingerprint density at radius 3 is 2.50 bits per heavy atom. The van der Waals surface area contributed by atoms with Gasteiger partial charge in [-0.1, -0.05) is 13.8 Å². The molecule has 1 N–H and O–H groups in total. The molecule has 0 aromatic rings. The van der Waals surface area contributed by atoms with Crippen LogP contribution in [0.1, 0.15) is 26.7 Å². The normalized spacial score (nSPS) is 58.5. The molecule has 0 aliphatic heterocycles. The second-order valence-corrected chi connectivity index (χ2v) is 4.41. The molecule has 4 atom stereocenters. The molecule has 2 aliphatic rings. The van der Waals surface area contributed by atoms with Gasteiger partial charge in [-0.05, 0) is 36.0 Å². The molecule has 0 aromatic heterocycles. The van der Waals surface area contributed by atoms with Crippen molar-refractivity contribution in [1.29, 1.82) is 0 Å². The summed E-state index contributed by atoms with van der Waals surface area (Å²) in [7, 11) is 0. The lowest BCUT2D eigenvalue weighted by Gasteiger charge is -2.07. The molecule has 0 heterocycles. The zero-order valence-corrected chi connectivity index (χ0v) is 6.80. The van der Waals surface area contributed by atoms with Gasteiger partial charge in [0.25, 0.3) is 0 Å². The molecule has 0 radical (unpaired) electrons. The second kappa shape index (κ2) is 1.76. The zero-order chi connectivity index (χ0) is 7.35. The van der Waals surface area contributed by atoms with E-state index in [1.165, 1.54) is 12.8 Å². The number of aliphatic hydroxyl groups excluding tert-OH is 1. The molecular formula is C9H16O. The molecule has 0 spiro atoms. The van der Waals surface area contributed by atoms with Gasteiger partial charge < -0.3 is 5.11 Å². The Hall–Kier alpha value is -0.0400. The molecule has 1 heteroatoms. The Balaban J connectivity index is 1.94. The third-order valence-electron chi connectivity index (χ3n) is 3.64. The van der Waals surface area contributed by atoms with Crippen LogP contribution in [-0.4, -0.2) is 11.7 Å². The highest BCUT2D eigenvalue weighted by atomic mass is 16.3. The fourth-order valence-electron chi connectivity index (χ4n) is 2.44. The van der Waals surface area contributed by atoms with Gasteiger partial charge in [-0.3, -0.25) is 0 Å². The summed E-state index contributed by atoms with van der Waals surface area (Å²) >= 11 is 0. The van der Waals surface area contributed by atoms with Crippen LogP contribution in [0.3, 0.4) is 0 Å². The van der Waals surface area contributed by atoms with E-state index in [0.717, 1.165) is 11.8 Å². The van der Waals surface area contributed by atoms with Crippen molar-refractivity contribution in [2.24, 2.45) is 23.2 Å². The van der Waals surface area contributed by atoms with Crippen LogP contribution in [0.25, 0.3) is 0 Å². The second-order valence-electron chi connectivity index (χ2n) is 4.41. The van der Waals surface area contributed by atoms with Gasteiger partial charge >= 0.3 is 0 Å². The first kappa shape index (κ1) is 6.66. The number of aliphatic hydroxyl groups is 1. The van der Waals surface area contributed by atoms with Gasteiger partial charge in [0, 0.05) is 6.61 Å². The molecule has 2 rings (SSSR count).